The van der Waals surface area contributed by atoms with Crippen LogP contribution in [0.15, 0.2) is 30.3 Å². The molecule has 1 N–H and O–H groups in total. The van der Waals surface area contributed by atoms with Crippen molar-refractivity contribution in [2.24, 2.45) is 0 Å². The average Bonchev–Trinajstić information content (AvgIpc) is 2.47. The molecule has 0 saturated carbocycles. The van der Waals surface area contributed by atoms with Crippen LogP contribution in [-0.4, -0.2) is 42.2 Å². The molecule has 0 heterocycles. The average molecular weight is 324 g/mol. The minimum absolute atomic E-state index is 0.0542. The largest absolute Gasteiger partial charge is 0.394 e. The normalized spacial score (nSPS) is 14.0. The molecule has 0 aliphatic carbocycles. The summed E-state index contributed by atoms with van der Waals surface area (Å²) in [5.74, 6) is 0. The van der Waals surface area contributed by atoms with Crippen molar-refractivity contribution in [2.45, 2.75) is 65.0 Å². The predicted octanol–water partition coefficient (Wildman–Crippen LogP) is 3.56. The second-order valence-corrected chi connectivity index (χ2v) is 7.38. The van der Waals surface area contributed by atoms with Crippen molar-refractivity contribution in [1.82, 2.24) is 0 Å². The molecule has 0 fully saturated rings. The molecular formula is C19H32O4. The van der Waals surface area contributed by atoms with Gasteiger partial charge < -0.3 is 19.3 Å². The Balaban J connectivity index is 2.31. The molecule has 1 aromatic rings. The summed E-state index contributed by atoms with van der Waals surface area (Å²) in [5.41, 5.74) is 0.640. The van der Waals surface area contributed by atoms with Crippen LogP contribution in [0.3, 0.4) is 0 Å². The molecule has 1 rings (SSSR count). The molecule has 0 spiro atoms. The zero-order valence-electron chi connectivity index (χ0n) is 15.2. The van der Waals surface area contributed by atoms with Gasteiger partial charge in [0.15, 0.2) is 0 Å². The minimum atomic E-state index is -0.321. The lowest BCUT2D eigenvalue weighted by Crippen LogP contribution is -2.34. The van der Waals surface area contributed by atoms with Crippen molar-refractivity contribution in [3.05, 3.63) is 35.9 Å². The highest BCUT2D eigenvalue weighted by Gasteiger charge is 2.22. The Hall–Kier alpha value is -0.940. The van der Waals surface area contributed by atoms with Crippen LogP contribution in [0, 0.1) is 0 Å². The Morgan fingerprint density at radius 3 is 2.22 bits per heavy atom. The second kappa shape index (κ2) is 9.38. The third-order valence-electron chi connectivity index (χ3n) is 3.43. The zero-order valence-corrected chi connectivity index (χ0v) is 15.2. The summed E-state index contributed by atoms with van der Waals surface area (Å²) in [6.07, 6.45) is 0.471. The van der Waals surface area contributed by atoms with Gasteiger partial charge in [0.2, 0.25) is 0 Å². The van der Waals surface area contributed by atoms with Crippen LogP contribution in [0.4, 0.5) is 0 Å². The van der Waals surface area contributed by atoms with E-state index in [0.29, 0.717) is 19.8 Å². The van der Waals surface area contributed by atoms with Gasteiger partial charge in [-0.05, 0) is 46.6 Å². The molecule has 0 bridgehead atoms. The van der Waals surface area contributed by atoms with Gasteiger partial charge in [0.25, 0.3) is 0 Å². The van der Waals surface area contributed by atoms with Crippen molar-refractivity contribution < 1.29 is 19.3 Å². The quantitative estimate of drug-likeness (QED) is 0.715. The van der Waals surface area contributed by atoms with Crippen LogP contribution < -0.4 is 0 Å². The number of aliphatic hydroxyl groups excluding tert-OH is 1. The molecule has 1 atom stereocenters. The number of hydrogen-bond acceptors (Lipinski definition) is 4. The summed E-state index contributed by atoms with van der Waals surface area (Å²) in [6.45, 7) is 11.6. The van der Waals surface area contributed by atoms with Crippen molar-refractivity contribution in [3.63, 3.8) is 0 Å². The van der Waals surface area contributed by atoms with Crippen LogP contribution in [0.5, 0.6) is 0 Å². The Bertz CT molecular complexity index is 423. The lowest BCUT2D eigenvalue weighted by atomic mass is 10.1. The van der Waals surface area contributed by atoms with Crippen LogP contribution in [-0.2, 0) is 20.8 Å². The van der Waals surface area contributed by atoms with Gasteiger partial charge in [-0.15, -0.1) is 0 Å². The molecule has 0 saturated heterocycles. The predicted molar refractivity (Wildman–Crippen MR) is 92.5 cm³/mol. The summed E-state index contributed by atoms with van der Waals surface area (Å²) >= 11 is 0. The highest BCUT2D eigenvalue weighted by molar-refractivity contribution is 5.13. The number of hydrogen-bond donors (Lipinski definition) is 1. The van der Waals surface area contributed by atoms with Crippen molar-refractivity contribution >= 4 is 0 Å². The van der Waals surface area contributed by atoms with Crippen molar-refractivity contribution in [2.75, 3.05) is 19.8 Å². The van der Waals surface area contributed by atoms with E-state index < -0.39 is 0 Å². The Kier molecular flexibility index (Phi) is 8.20. The first-order chi connectivity index (χ1) is 10.7. The smallest absolute Gasteiger partial charge is 0.104 e. The number of aliphatic hydroxyl groups is 1. The van der Waals surface area contributed by atoms with E-state index in [1.54, 1.807) is 0 Å². The lowest BCUT2D eigenvalue weighted by Gasteiger charge is -2.29. The van der Waals surface area contributed by atoms with Crippen LogP contribution in [0.1, 0.15) is 46.6 Å². The maximum absolute atomic E-state index is 9.45. The monoisotopic (exact) mass is 324 g/mol. The topological polar surface area (TPSA) is 47.9 Å². The first-order valence-electron chi connectivity index (χ1n) is 8.26. The summed E-state index contributed by atoms with van der Waals surface area (Å²) in [7, 11) is 0. The van der Waals surface area contributed by atoms with Crippen molar-refractivity contribution in [1.29, 1.82) is 0 Å². The standard InChI is InChI=1S/C19H32O4/c1-18(2,3)22-12-11-19(4,5)23-15-17(13-20)21-14-16-9-7-6-8-10-16/h6-10,17,20H,11-15H2,1-5H3. The molecule has 4 heteroatoms. The third-order valence-corrected chi connectivity index (χ3v) is 3.43. The second-order valence-electron chi connectivity index (χ2n) is 7.38. The Morgan fingerprint density at radius 2 is 1.65 bits per heavy atom. The number of ether oxygens (including phenoxy) is 3. The maximum atomic E-state index is 9.45. The van der Waals surface area contributed by atoms with Gasteiger partial charge in [0.05, 0.1) is 31.0 Å². The fraction of sp³-hybridized carbons (Fsp3) is 0.684. The van der Waals surface area contributed by atoms with E-state index in [2.05, 4.69) is 0 Å². The highest BCUT2D eigenvalue weighted by atomic mass is 16.6. The number of benzene rings is 1. The fourth-order valence-corrected chi connectivity index (χ4v) is 1.94. The van der Waals surface area contributed by atoms with E-state index in [9.17, 15) is 5.11 Å². The van der Waals surface area contributed by atoms with Crippen molar-refractivity contribution in [3.8, 4) is 0 Å². The molecule has 0 amide bonds. The van der Waals surface area contributed by atoms with E-state index in [1.165, 1.54) is 0 Å². The molecule has 0 aromatic heterocycles. The van der Waals surface area contributed by atoms with Crippen LogP contribution >= 0.6 is 0 Å². The van der Waals surface area contributed by atoms with E-state index in [1.807, 2.05) is 65.0 Å². The van der Waals surface area contributed by atoms with Gasteiger partial charge in [0.1, 0.15) is 6.10 Å². The Labute approximate surface area is 140 Å². The summed E-state index contributed by atoms with van der Waals surface area (Å²) in [4.78, 5) is 0. The molecule has 132 valence electrons. The minimum Gasteiger partial charge on any atom is -0.394 e. The summed E-state index contributed by atoms with van der Waals surface area (Å²) in [6, 6.07) is 9.92. The first-order valence-corrected chi connectivity index (χ1v) is 8.26. The summed E-state index contributed by atoms with van der Waals surface area (Å²) in [5, 5.41) is 9.45. The van der Waals surface area contributed by atoms with Gasteiger partial charge in [-0.1, -0.05) is 30.3 Å². The molecular weight excluding hydrogens is 292 g/mol. The van der Waals surface area contributed by atoms with Crippen LogP contribution in [0.25, 0.3) is 0 Å². The first kappa shape index (κ1) is 20.1. The third kappa shape index (κ3) is 9.72. The Morgan fingerprint density at radius 1 is 1.00 bits per heavy atom. The van der Waals surface area contributed by atoms with E-state index in [-0.39, 0.29) is 23.9 Å². The number of rotatable bonds is 10. The van der Waals surface area contributed by atoms with Crippen LogP contribution in [0.2, 0.25) is 0 Å². The fourth-order valence-electron chi connectivity index (χ4n) is 1.94. The van der Waals surface area contributed by atoms with E-state index >= 15 is 0 Å². The molecule has 23 heavy (non-hydrogen) atoms. The van der Waals surface area contributed by atoms with Gasteiger partial charge in [0, 0.05) is 6.61 Å². The zero-order chi connectivity index (χ0) is 17.3. The molecule has 1 unspecified atom stereocenters. The maximum Gasteiger partial charge on any atom is 0.104 e. The summed E-state index contributed by atoms with van der Waals surface area (Å²) < 4.78 is 17.4. The van der Waals surface area contributed by atoms with Gasteiger partial charge in [-0.25, -0.2) is 0 Å². The SMILES string of the molecule is CC(C)(C)OCCC(C)(C)OCC(CO)OCc1ccccc1. The van der Waals surface area contributed by atoms with E-state index in [4.69, 9.17) is 14.2 Å². The molecule has 0 aliphatic rings. The molecule has 0 aliphatic heterocycles. The van der Waals surface area contributed by atoms with E-state index in [0.717, 1.165) is 12.0 Å². The molecule has 0 radical (unpaired) electrons. The highest BCUT2D eigenvalue weighted by Crippen LogP contribution is 2.18. The van der Waals surface area contributed by atoms with Gasteiger partial charge >= 0.3 is 0 Å². The molecule has 1 aromatic carbocycles. The lowest BCUT2D eigenvalue weighted by molar-refractivity contribution is -0.112. The molecule has 4 nitrogen and oxygen atoms in total. The van der Waals surface area contributed by atoms with Gasteiger partial charge in [-0.2, -0.15) is 0 Å². The van der Waals surface area contributed by atoms with Gasteiger partial charge in [-0.3, -0.25) is 0 Å².